The van der Waals surface area contributed by atoms with E-state index in [4.69, 9.17) is 4.74 Å². The first-order valence-electron chi connectivity index (χ1n) is 11.9. The molecule has 3 aliphatic rings. The molecule has 3 aliphatic carbocycles. The van der Waals surface area contributed by atoms with Gasteiger partial charge in [0.2, 0.25) is 0 Å². The summed E-state index contributed by atoms with van der Waals surface area (Å²) in [6.45, 7) is 4.46. The third-order valence-corrected chi connectivity index (χ3v) is 8.61. The Kier molecular flexibility index (Phi) is 8.87. The van der Waals surface area contributed by atoms with Gasteiger partial charge in [0, 0.05) is 11.8 Å². The first kappa shape index (κ1) is 27.6. The van der Waals surface area contributed by atoms with Crippen LogP contribution in [0.5, 0.6) is 5.75 Å². The number of nitrogens with zero attached hydrogens (tertiary/aromatic N) is 2. The van der Waals surface area contributed by atoms with Gasteiger partial charge in [0.1, 0.15) is 18.9 Å². The number of fused-ring (bicyclic) bond motifs is 5. The highest BCUT2D eigenvalue weighted by atomic mass is 127. The molecule has 2 saturated carbocycles. The lowest BCUT2D eigenvalue weighted by atomic mass is 9.55. The van der Waals surface area contributed by atoms with E-state index in [1.165, 1.54) is 38.5 Å². The van der Waals surface area contributed by atoms with Crippen LogP contribution in [0.3, 0.4) is 0 Å². The number of hydrogen-bond acceptors (Lipinski definition) is 1. The predicted molar refractivity (Wildman–Crippen MR) is 121 cm³/mol. The second-order valence-electron chi connectivity index (χ2n) is 12.4. The molecule has 178 valence electrons. The van der Waals surface area contributed by atoms with Gasteiger partial charge < -0.3 is 61.7 Å². The van der Waals surface area contributed by atoms with Gasteiger partial charge in [-0.3, -0.25) is 0 Å². The quantitative estimate of drug-likeness (QED) is 0.284. The normalized spacial score (nSPS) is 32.1. The molecule has 1 aromatic carbocycles. The van der Waals surface area contributed by atoms with Crippen molar-refractivity contribution >= 4 is 0 Å². The van der Waals surface area contributed by atoms with Gasteiger partial charge in [0.05, 0.1) is 48.3 Å². The number of rotatable bonds is 5. The van der Waals surface area contributed by atoms with Gasteiger partial charge in [0.15, 0.2) is 0 Å². The van der Waals surface area contributed by atoms with E-state index in [1.54, 1.807) is 11.1 Å². The number of benzene rings is 1. The van der Waals surface area contributed by atoms with E-state index in [-0.39, 0.29) is 48.0 Å². The first-order valence-corrected chi connectivity index (χ1v) is 11.9. The average molecular weight is 654 g/mol. The lowest BCUT2D eigenvalue weighted by Crippen LogP contribution is -3.00. The van der Waals surface area contributed by atoms with E-state index in [2.05, 4.69) is 67.4 Å². The molecule has 31 heavy (non-hydrogen) atoms. The molecule has 2 fully saturated rings. The van der Waals surface area contributed by atoms with Gasteiger partial charge in [-0.15, -0.1) is 0 Å². The Hall–Kier alpha value is 0.400. The fourth-order valence-corrected chi connectivity index (χ4v) is 7.33. The standard InChI is InChI=1S/C26H44N2O.2HI/c1-26-15-14-22-21-11-9-20(29-17-16-27(2,3)4)18-19(21)8-10-23(22)24(26)12-13-25(26)28(5,6)7;;/h9,11,18,22-25H,8,10,12-17H2,1-7H3;2*1H/q+2;;/p-2/t22-,23-,24+,25+,26+;;/m1../s1. The zero-order chi connectivity index (χ0) is 21.0. The molecule has 0 bridgehead atoms. The number of quaternary nitrogens is 2. The van der Waals surface area contributed by atoms with Crippen LogP contribution >= 0.6 is 0 Å². The van der Waals surface area contributed by atoms with Crippen molar-refractivity contribution in [2.45, 2.75) is 57.4 Å². The lowest BCUT2D eigenvalue weighted by Gasteiger charge is -2.52. The minimum absolute atomic E-state index is 0. The molecule has 1 aromatic rings. The van der Waals surface area contributed by atoms with Crippen molar-refractivity contribution in [2.24, 2.45) is 17.3 Å². The fraction of sp³-hybridized carbons (Fsp3) is 0.769. The summed E-state index contributed by atoms with van der Waals surface area (Å²) in [6, 6.07) is 7.85. The Labute approximate surface area is 225 Å². The highest BCUT2D eigenvalue weighted by Crippen LogP contribution is 2.62. The van der Waals surface area contributed by atoms with Crippen LogP contribution in [0.4, 0.5) is 0 Å². The second-order valence-corrected chi connectivity index (χ2v) is 12.4. The van der Waals surface area contributed by atoms with Crippen LogP contribution in [0.15, 0.2) is 18.2 Å². The summed E-state index contributed by atoms with van der Waals surface area (Å²) in [5.74, 6) is 3.66. The molecule has 0 N–H and O–H groups in total. The predicted octanol–water partition coefficient (Wildman–Crippen LogP) is -1.29. The zero-order valence-corrected chi connectivity index (χ0v) is 25.1. The number of ether oxygens (including phenoxy) is 1. The number of hydrogen-bond donors (Lipinski definition) is 0. The van der Waals surface area contributed by atoms with Gasteiger partial charge in [-0.2, -0.15) is 0 Å². The number of aryl methyl sites for hydroxylation is 1. The molecule has 0 heterocycles. The van der Waals surface area contributed by atoms with Crippen molar-refractivity contribution in [2.75, 3.05) is 55.4 Å². The Morgan fingerprint density at radius 2 is 1.68 bits per heavy atom. The van der Waals surface area contributed by atoms with Crippen LogP contribution in [-0.4, -0.2) is 70.4 Å². The summed E-state index contributed by atoms with van der Waals surface area (Å²) in [6.07, 6.45) is 8.26. The summed E-state index contributed by atoms with van der Waals surface area (Å²) in [4.78, 5) is 0. The van der Waals surface area contributed by atoms with E-state index < -0.39 is 0 Å². The second kappa shape index (κ2) is 9.95. The fourth-order valence-electron chi connectivity index (χ4n) is 7.33. The van der Waals surface area contributed by atoms with Crippen LogP contribution in [0.2, 0.25) is 0 Å². The summed E-state index contributed by atoms with van der Waals surface area (Å²) >= 11 is 0. The van der Waals surface area contributed by atoms with Gasteiger partial charge in [0.25, 0.3) is 0 Å². The van der Waals surface area contributed by atoms with Gasteiger partial charge in [-0.05, 0) is 73.1 Å². The monoisotopic (exact) mass is 654 g/mol. The third-order valence-electron chi connectivity index (χ3n) is 8.61. The van der Waals surface area contributed by atoms with Crippen LogP contribution in [0, 0.1) is 17.3 Å². The molecule has 0 radical (unpaired) electrons. The van der Waals surface area contributed by atoms with Gasteiger partial charge in [-0.25, -0.2) is 0 Å². The molecule has 0 aliphatic heterocycles. The van der Waals surface area contributed by atoms with Crippen molar-refractivity contribution in [1.29, 1.82) is 0 Å². The van der Waals surface area contributed by atoms with E-state index in [1.807, 2.05) is 0 Å². The molecule has 0 aromatic heterocycles. The SMILES string of the molecule is C[C@]12CC[C@@H]3c4ccc(OCC[N+](C)(C)C)cc4CC[C@H]3[C@@H]1CC[C@@H]2[N+](C)(C)C.[I-].[I-]. The Morgan fingerprint density at radius 3 is 2.32 bits per heavy atom. The molecule has 0 spiro atoms. The average Bonchev–Trinajstić information content (AvgIpc) is 2.97. The minimum atomic E-state index is 0. The summed E-state index contributed by atoms with van der Waals surface area (Å²) in [7, 11) is 13.9. The molecule has 0 unspecified atom stereocenters. The zero-order valence-electron chi connectivity index (χ0n) is 20.8. The summed E-state index contributed by atoms with van der Waals surface area (Å²) < 4.78 is 8.18. The van der Waals surface area contributed by atoms with Crippen molar-refractivity contribution in [1.82, 2.24) is 0 Å². The van der Waals surface area contributed by atoms with E-state index in [0.29, 0.717) is 5.41 Å². The van der Waals surface area contributed by atoms with E-state index >= 15 is 0 Å². The Bertz CT molecular complexity index is 755. The van der Waals surface area contributed by atoms with E-state index in [9.17, 15) is 0 Å². The smallest absolute Gasteiger partial charge is 0.137 e. The van der Waals surface area contributed by atoms with Crippen LogP contribution in [0.1, 0.15) is 56.1 Å². The summed E-state index contributed by atoms with van der Waals surface area (Å²) in [5, 5.41) is 0. The third kappa shape index (κ3) is 5.56. The first-order chi connectivity index (χ1) is 13.5. The van der Waals surface area contributed by atoms with Gasteiger partial charge in [-0.1, -0.05) is 13.0 Å². The highest BCUT2D eigenvalue weighted by molar-refractivity contribution is 5.40. The highest BCUT2D eigenvalue weighted by Gasteiger charge is 2.58. The maximum Gasteiger partial charge on any atom is 0.137 e. The largest absolute Gasteiger partial charge is 1.00 e. The van der Waals surface area contributed by atoms with Crippen LogP contribution < -0.4 is 52.7 Å². The Balaban J connectivity index is 0.00000171. The van der Waals surface area contributed by atoms with Crippen molar-refractivity contribution in [3.63, 3.8) is 0 Å². The molecule has 5 atom stereocenters. The molecule has 0 amide bonds. The molecule has 3 nitrogen and oxygen atoms in total. The van der Waals surface area contributed by atoms with Crippen LogP contribution in [0.25, 0.3) is 0 Å². The van der Waals surface area contributed by atoms with Crippen molar-refractivity contribution in [3.05, 3.63) is 29.3 Å². The van der Waals surface area contributed by atoms with E-state index in [0.717, 1.165) is 51.7 Å². The molecule has 5 heteroatoms. The van der Waals surface area contributed by atoms with Crippen LogP contribution in [-0.2, 0) is 6.42 Å². The van der Waals surface area contributed by atoms with Crippen molar-refractivity contribution in [3.8, 4) is 5.75 Å². The molecular formula is C26H44I2N2O. The molecular weight excluding hydrogens is 610 g/mol. The number of halogens is 2. The topological polar surface area (TPSA) is 9.23 Å². The van der Waals surface area contributed by atoms with Crippen molar-refractivity contribution < 1.29 is 61.7 Å². The Morgan fingerprint density at radius 1 is 0.968 bits per heavy atom. The maximum atomic E-state index is 6.10. The maximum absolute atomic E-state index is 6.10. The summed E-state index contributed by atoms with van der Waals surface area (Å²) in [5.41, 5.74) is 3.75. The minimum Gasteiger partial charge on any atom is -1.00 e. The lowest BCUT2D eigenvalue weighted by molar-refractivity contribution is -0.903. The van der Waals surface area contributed by atoms with Gasteiger partial charge >= 0.3 is 0 Å². The number of likely N-dealkylation sites (N-methyl/N-ethyl adjacent to an activating group) is 1. The molecule has 4 rings (SSSR count). The molecule has 0 saturated heterocycles.